The summed E-state index contributed by atoms with van der Waals surface area (Å²) in [4.78, 5) is -0.872. The first-order valence-electron chi connectivity index (χ1n) is 6.24. The van der Waals surface area contributed by atoms with Gasteiger partial charge in [0.1, 0.15) is 22.6 Å². The molecule has 0 radical (unpaired) electrons. The van der Waals surface area contributed by atoms with Crippen molar-refractivity contribution >= 4 is 21.4 Å². The van der Waals surface area contributed by atoms with Crippen molar-refractivity contribution in [3.05, 3.63) is 52.5 Å². The fourth-order valence-corrected chi connectivity index (χ4v) is 2.99. The molecule has 5 nitrogen and oxygen atoms in total. The van der Waals surface area contributed by atoms with Gasteiger partial charge in [0.25, 0.3) is 0 Å². The van der Waals surface area contributed by atoms with Crippen molar-refractivity contribution in [2.45, 2.75) is 10.7 Å². The van der Waals surface area contributed by atoms with E-state index in [9.17, 15) is 17.2 Å². The Morgan fingerprint density at radius 2 is 1.83 bits per heavy atom. The molecule has 122 valence electrons. The number of rotatable bonds is 4. The number of halogens is 3. The van der Waals surface area contributed by atoms with Gasteiger partial charge in [0, 0.05) is 0 Å². The number of nitriles is 2. The monoisotopic (exact) mass is 368 g/mol. The molecular formula is C15H7ClF2N2O3S. The third-order valence-electron chi connectivity index (χ3n) is 2.91. The van der Waals surface area contributed by atoms with Crippen LogP contribution in [0.1, 0.15) is 11.1 Å². The molecule has 2 aromatic rings. The summed E-state index contributed by atoms with van der Waals surface area (Å²) in [7, 11) is -4.98. The second kappa shape index (κ2) is 6.83. The zero-order valence-electron chi connectivity index (χ0n) is 11.7. The van der Waals surface area contributed by atoms with Gasteiger partial charge >= 0.3 is 5.76 Å². The van der Waals surface area contributed by atoms with Gasteiger partial charge < -0.3 is 4.74 Å². The summed E-state index contributed by atoms with van der Waals surface area (Å²) in [6, 6.07) is 11.3. The smallest absolute Gasteiger partial charge is 0.341 e. The summed E-state index contributed by atoms with van der Waals surface area (Å²) in [5.74, 6) is -3.57. The first kappa shape index (κ1) is 17.7. The maximum absolute atomic E-state index is 12.7. The highest BCUT2D eigenvalue weighted by Crippen LogP contribution is 2.36. The van der Waals surface area contributed by atoms with Crippen molar-refractivity contribution in [3.63, 3.8) is 0 Å². The topological polar surface area (TPSA) is 90.9 Å². The molecule has 0 spiro atoms. The highest BCUT2D eigenvalue weighted by Gasteiger charge is 2.31. The Kier molecular flexibility index (Phi) is 5.03. The van der Waals surface area contributed by atoms with Crippen LogP contribution >= 0.6 is 11.6 Å². The van der Waals surface area contributed by atoms with Crippen LogP contribution in [-0.4, -0.2) is 14.2 Å². The van der Waals surface area contributed by atoms with Crippen molar-refractivity contribution in [1.82, 2.24) is 0 Å². The van der Waals surface area contributed by atoms with Crippen LogP contribution in [0.3, 0.4) is 0 Å². The Hall–Kier alpha value is -2.68. The molecule has 0 amide bonds. The van der Waals surface area contributed by atoms with Crippen LogP contribution < -0.4 is 4.74 Å². The lowest BCUT2D eigenvalue weighted by molar-refractivity contribution is 0.234. The second-order valence-electron chi connectivity index (χ2n) is 4.41. The minimum Gasteiger partial charge on any atom is -0.456 e. The third kappa shape index (κ3) is 3.30. The van der Waals surface area contributed by atoms with E-state index in [4.69, 9.17) is 26.9 Å². The minimum absolute atomic E-state index is 0.100. The molecule has 0 aliphatic rings. The van der Waals surface area contributed by atoms with Gasteiger partial charge in [-0.1, -0.05) is 17.7 Å². The zero-order valence-corrected chi connectivity index (χ0v) is 13.3. The number of ether oxygens (including phenoxy) is 1. The van der Waals surface area contributed by atoms with Gasteiger partial charge in [-0.15, -0.1) is 0 Å². The Morgan fingerprint density at radius 1 is 1.12 bits per heavy atom. The van der Waals surface area contributed by atoms with Crippen LogP contribution in [0.4, 0.5) is 8.78 Å². The van der Waals surface area contributed by atoms with Crippen molar-refractivity contribution in [2.75, 3.05) is 0 Å². The average Bonchev–Trinajstić information content (AvgIpc) is 2.56. The van der Waals surface area contributed by atoms with Gasteiger partial charge in [0.15, 0.2) is 0 Å². The minimum atomic E-state index is -4.98. The van der Waals surface area contributed by atoms with E-state index < -0.39 is 31.1 Å². The predicted octanol–water partition coefficient (Wildman–Crippen LogP) is 3.87. The Labute approximate surface area is 141 Å². The summed E-state index contributed by atoms with van der Waals surface area (Å²) in [5, 5.41) is 17.5. The molecule has 24 heavy (non-hydrogen) atoms. The number of benzene rings is 2. The van der Waals surface area contributed by atoms with Crippen molar-refractivity contribution in [1.29, 1.82) is 10.5 Å². The number of alkyl halides is 2. The molecule has 9 heteroatoms. The Balaban J connectivity index is 2.52. The molecule has 0 fully saturated rings. The zero-order chi connectivity index (χ0) is 17.9. The lowest BCUT2D eigenvalue weighted by atomic mass is 10.2. The maximum Gasteiger partial charge on any atom is 0.341 e. The molecule has 0 aliphatic heterocycles. The van der Waals surface area contributed by atoms with Crippen LogP contribution in [0.5, 0.6) is 11.5 Å². The largest absolute Gasteiger partial charge is 0.456 e. The van der Waals surface area contributed by atoms with Gasteiger partial charge in [-0.2, -0.15) is 19.3 Å². The van der Waals surface area contributed by atoms with Gasteiger partial charge in [-0.25, -0.2) is 8.42 Å². The van der Waals surface area contributed by atoms with Crippen molar-refractivity contribution in [2.24, 2.45) is 0 Å². The lowest BCUT2D eigenvalue weighted by Crippen LogP contribution is -2.13. The summed E-state index contributed by atoms with van der Waals surface area (Å²) < 4.78 is 53.9. The highest BCUT2D eigenvalue weighted by atomic mass is 35.5. The predicted molar refractivity (Wildman–Crippen MR) is 80.6 cm³/mol. The second-order valence-corrected chi connectivity index (χ2v) is 6.67. The first-order chi connectivity index (χ1) is 11.3. The number of hydrogen-bond acceptors (Lipinski definition) is 5. The van der Waals surface area contributed by atoms with E-state index in [2.05, 4.69) is 0 Å². The van der Waals surface area contributed by atoms with Crippen LogP contribution in [0, 0.1) is 22.7 Å². The summed E-state index contributed by atoms with van der Waals surface area (Å²) in [6.45, 7) is 0. The molecule has 0 unspecified atom stereocenters. The molecule has 0 heterocycles. The molecule has 2 rings (SSSR count). The lowest BCUT2D eigenvalue weighted by Gasteiger charge is -2.12. The fourth-order valence-electron chi connectivity index (χ4n) is 1.81. The van der Waals surface area contributed by atoms with E-state index in [-0.39, 0.29) is 11.5 Å². The quantitative estimate of drug-likeness (QED) is 0.816. The summed E-state index contributed by atoms with van der Waals surface area (Å²) >= 11 is 5.93. The number of hydrogen-bond donors (Lipinski definition) is 0. The van der Waals surface area contributed by atoms with Crippen molar-refractivity contribution < 1.29 is 21.9 Å². The van der Waals surface area contributed by atoms with E-state index in [1.54, 1.807) is 6.07 Å². The van der Waals surface area contributed by atoms with E-state index in [0.29, 0.717) is 5.56 Å². The molecule has 0 bridgehead atoms. The number of nitrogens with zero attached hydrogens (tertiary/aromatic N) is 2. The maximum atomic E-state index is 12.7. The molecule has 0 saturated carbocycles. The van der Waals surface area contributed by atoms with E-state index >= 15 is 0 Å². The SMILES string of the molecule is N#Cc1cccc(Oc2ccc(S(=O)(=O)C(F)F)c(C#N)c2Cl)c1. The average molecular weight is 369 g/mol. The van der Waals surface area contributed by atoms with Gasteiger partial charge in [-0.3, -0.25) is 0 Å². The Morgan fingerprint density at radius 3 is 2.42 bits per heavy atom. The van der Waals surface area contributed by atoms with Gasteiger partial charge in [0.2, 0.25) is 9.84 Å². The van der Waals surface area contributed by atoms with Crippen molar-refractivity contribution in [3.8, 4) is 23.6 Å². The fraction of sp³-hybridized carbons (Fsp3) is 0.0667. The van der Waals surface area contributed by atoms with E-state index in [1.807, 2.05) is 6.07 Å². The van der Waals surface area contributed by atoms with Crippen LogP contribution in [0.25, 0.3) is 0 Å². The van der Waals surface area contributed by atoms with Crippen LogP contribution in [0.2, 0.25) is 5.02 Å². The normalized spacial score (nSPS) is 10.9. The molecule has 2 aromatic carbocycles. The molecule has 0 N–H and O–H groups in total. The number of sulfone groups is 1. The van der Waals surface area contributed by atoms with Gasteiger partial charge in [-0.05, 0) is 30.3 Å². The van der Waals surface area contributed by atoms with E-state index in [1.165, 1.54) is 24.3 Å². The highest BCUT2D eigenvalue weighted by molar-refractivity contribution is 7.91. The molecule has 0 aliphatic carbocycles. The first-order valence-corrected chi connectivity index (χ1v) is 8.16. The summed E-state index contributed by atoms with van der Waals surface area (Å²) in [5.41, 5.74) is -0.327. The third-order valence-corrected chi connectivity index (χ3v) is 4.71. The Bertz CT molecular complexity index is 979. The molecular weight excluding hydrogens is 362 g/mol. The molecule has 0 aromatic heterocycles. The van der Waals surface area contributed by atoms with Crippen LogP contribution in [0.15, 0.2) is 41.3 Å². The van der Waals surface area contributed by atoms with E-state index in [0.717, 1.165) is 12.1 Å². The molecule has 0 saturated heterocycles. The summed E-state index contributed by atoms with van der Waals surface area (Å²) in [6.07, 6.45) is 0. The standard InChI is InChI=1S/C15H7ClF2N2O3S/c16-14-11(8-20)13(24(21,22)15(17)18)5-4-12(14)23-10-3-1-2-9(6-10)7-19/h1-6,15H. The van der Waals surface area contributed by atoms with Crippen LogP contribution in [-0.2, 0) is 9.84 Å². The molecule has 0 atom stereocenters. The van der Waals surface area contributed by atoms with Gasteiger partial charge in [0.05, 0.1) is 22.1 Å².